The monoisotopic (exact) mass is 207 g/mol. The van der Waals surface area contributed by atoms with E-state index in [1.165, 1.54) is 0 Å². The van der Waals surface area contributed by atoms with Crippen molar-refractivity contribution in [2.75, 3.05) is 11.9 Å². The van der Waals surface area contributed by atoms with E-state index in [2.05, 4.69) is 23.8 Å². The fourth-order valence-electron chi connectivity index (χ4n) is 1.26. The van der Waals surface area contributed by atoms with Crippen molar-refractivity contribution in [3.8, 4) is 0 Å². The molecule has 0 bridgehead atoms. The molecule has 82 valence electrons. The van der Waals surface area contributed by atoms with Crippen molar-refractivity contribution in [3.63, 3.8) is 0 Å². The lowest BCUT2D eigenvalue weighted by molar-refractivity contribution is 0.655. The highest BCUT2D eigenvalue weighted by molar-refractivity contribution is 5.97. The van der Waals surface area contributed by atoms with Crippen molar-refractivity contribution in [1.82, 2.24) is 9.97 Å². The normalized spacial score (nSPS) is 12.2. The molecule has 1 aromatic rings. The van der Waals surface area contributed by atoms with Crippen LogP contribution in [0.3, 0.4) is 0 Å². The first kappa shape index (κ1) is 11.4. The molecule has 1 rings (SSSR count). The molecule has 15 heavy (non-hydrogen) atoms. The number of hydrogen-bond acceptors (Lipinski definition) is 4. The van der Waals surface area contributed by atoms with Crippen LogP contribution >= 0.6 is 0 Å². The quantitative estimate of drug-likeness (QED) is 0.570. The van der Waals surface area contributed by atoms with Crippen LogP contribution in [0.15, 0.2) is 12.4 Å². The molecule has 0 saturated carbocycles. The Balaban J connectivity index is 3.07. The zero-order valence-electron chi connectivity index (χ0n) is 9.36. The van der Waals surface area contributed by atoms with E-state index in [4.69, 9.17) is 11.1 Å². The summed E-state index contributed by atoms with van der Waals surface area (Å²) in [6.07, 6.45) is 4.16. The van der Waals surface area contributed by atoms with Crippen molar-refractivity contribution in [2.45, 2.75) is 26.3 Å². The molecular weight excluding hydrogens is 190 g/mol. The lowest BCUT2D eigenvalue weighted by atomic mass is 10.2. The highest BCUT2D eigenvalue weighted by Gasteiger charge is 2.15. The molecule has 0 radical (unpaired) electrons. The Morgan fingerprint density at radius 3 is 2.67 bits per heavy atom. The second-order valence-corrected chi connectivity index (χ2v) is 3.51. The predicted octanol–water partition coefficient (Wildman–Crippen LogP) is 0.995. The van der Waals surface area contributed by atoms with Crippen LogP contribution in [0.1, 0.15) is 26.0 Å². The summed E-state index contributed by atoms with van der Waals surface area (Å²) in [5.41, 5.74) is 5.89. The summed E-state index contributed by atoms with van der Waals surface area (Å²) in [5, 5.41) is 7.42. The minimum absolute atomic E-state index is 0.0479. The van der Waals surface area contributed by atoms with E-state index in [1.54, 1.807) is 12.4 Å². The van der Waals surface area contributed by atoms with Crippen LogP contribution < -0.4 is 10.6 Å². The molecule has 0 aliphatic carbocycles. The zero-order valence-corrected chi connectivity index (χ0v) is 9.36. The number of aromatic nitrogens is 2. The van der Waals surface area contributed by atoms with Gasteiger partial charge >= 0.3 is 0 Å². The van der Waals surface area contributed by atoms with Gasteiger partial charge in [-0.15, -0.1) is 0 Å². The van der Waals surface area contributed by atoms with Crippen LogP contribution in [0.5, 0.6) is 0 Å². The van der Waals surface area contributed by atoms with Crippen molar-refractivity contribution < 1.29 is 0 Å². The minimum Gasteiger partial charge on any atom is -0.382 e. The van der Waals surface area contributed by atoms with Crippen molar-refractivity contribution in [1.29, 1.82) is 5.41 Å². The first-order valence-corrected chi connectivity index (χ1v) is 4.96. The van der Waals surface area contributed by atoms with Gasteiger partial charge in [0.25, 0.3) is 0 Å². The molecule has 0 saturated heterocycles. The summed E-state index contributed by atoms with van der Waals surface area (Å²) in [7, 11) is 1.94. The fraction of sp³-hybridized carbons (Fsp3) is 0.500. The average molecular weight is 207 g/mol. The van der Waals surface area contributed by atoms with Gasteiger partial charge in [0.05, 0.1) is 0 Å². The summed E-state index contributed by atoms with van der Waals surface area (Å²) in [4.78, 5) is 10.3. The minimum atomic E-state index is -0.0479. The first-order valence-electron chi connectivity index (χ1n) is 4.96. The van der Waals surface area contributed by atoms with Crippen molar-refractivity contribution >= 4 is 11.7 Å². The van der Waals surface area contributed by atoms with Crippen molar-refractivity contribution in [2.24, 2.45) is 5.73 Å². The van der Waals surface area contributed by atoms with Crippen molar-refractivity contribution in [3.05, 3.63) is 18.1 Å². The Kier molecular flexibility index (Phi) is 3.60. The van der Waals surface area contributed by atoms with Gasteiger partial charge < -0.3 is 10.6 Å². The molecule has 1 heterocycles. The van der Waals surface area contributed by atoms with Crippen LogP contribution in [0.2, 0.25) is 0 Å². The first-order chi connectivity index (χ1) is 7.07. The number of anilines is 1. The number of nitrogen functional groups attached to an aromatic ring is 1. The van der Waals surface area contributed by atoms with Crippen LogP contribution in [0.4, 0.5) is 5.82 Å². The van der Waals surface area contributed by atoms with E-state index in [-0.39, 0.29) is 5.84 Å². The lowest BCUT2D eigenvalue weighted by Gasteiger charge is -2.25. The molecule has 1 atom stereocenters. The second-order valence-electron chi connectivity index (χ2n) is 3.51. The fourth-order valence-corrected chi connectivity index (χ4v) is 1.26. The second kappa shape index (κ2) is 4.72. The largest absolute Gasteiger partial charge is 0.382 e. The van der Waals surface area contributed by atoms with E-state index in [1.807, 2.05) is 11.9 Å². The van der Waals surface area contributed by atoms with E-state index < -0.39 is 0 Å². The van der Waals surface area contributed by atoms with Gasteiger partial charge in [-0.3, -0.25) is 5.41 Å². The smallest absolute Gasteiger partial charge is 0.158 e. The molecule has 0 amide bonds. The number of nitrogens with two attached hydrogens (primary N) is 1. The molecule has 5 nitrogen and oxygen atoms in total. The standard InChI is InChI=1S/C10H17N5/c1-4-7(2)15(3)10-8(9(11)12)13-5-6-14-10/h5-7H,4H2,1-3H3,(H3,11,12). The summed E-state index contributed by atoms with van der Waals surface area (Å²) < 4.78 is 0. The highest BCUT2D eigenvalue weighted by atomic mass is 15.2. The van der Waals surface area contributed by atoms with Gasteiger partial charge in [0.2, 0.25) is 0 Å². The number of rotatable bonds is 4. The average Bonchev–Trinajstić information content (AvgIpc) is 2.27. The molecular formula is C10H17N5. The number of amidine groups is 1. The Morgan fingerprint density at radius 1 is 1.53 bits per heavy atom. The van der Waals surface area contributed by atoms with Gasteiger partial charge in [-0.2, -0.15) is 0 Å². The molecule has 5 heteroatoms. The maximum absolute atomic E-state index is 7.42. The Hall–Kier alpha value is -1.65. The zero-order chi connectivity index (χ0) is 11.4. The summed E-state index contributed by atoms with van der Waals surface area (Å²) in [5.74, 6) is 0.618. The van der Waals surface area contributed by atoms with Gasteiger partial charge in [-0.25, -0.2) is 9.97 Å². The van der Waals surface area contributed by atoms with Crippen LogP contribution in [0, 0.1) is 5.41 Å². The molecule has 0 fully saturated rings. The Labute approximate surface area is 89.8 Å². The lowest BCUT2D eigenvalue weighted by Crippen LogP contribution is -2.31. The van der Waals surface area contributed by atoms with Gasteiger partial charge in [0.1, 0.15) is 11.5 Å². The van der Waals surface area contributed by atoms with E-state index in [0.717, 1.165) is 6.42 Å². The SMILES string of the molecule is CCC(C)N(C)c1nccnc1C(=N)N. The maximum atomic E-state index is 7.42. The van der Waals surface area contributed by atoms with Gasteiger partial charge in [0, 0.05) is 25.5 Å². The van der Waals surface area contributed by atoms with Crippen LogP contribution in [0.25, 0.3) is 0 Å². The van der Waals surface area contributed by atoms with E-state index in [0.29, 0.717) is 17.6 Å². The molecule has 0 aliphatic rings. The molecule has 1 aromatic heterocycles. The van der Waals surface area contributed by atoms with E-state index in [9.17, 15) is 0 Å². The summed E-state index contributed by atoms with van der Waals surface area (Å²) in [6, 6.07) is 0.347. The summed E-state index contributed by atoms with van der Waals surface area (Å²) >= 11 is 0. The third kappa shape index (κ3) is 2.43. The predicted molar refractivity (Wildman–Crippen MR) is 61.2 cm³/mol. The third-order valence-electron chi connectivity index (χ3n) is 2.52. The molecule has 1 unspecified atom stereocenters. The molecule has 0 aliphatic heterocycles. The Morgan fingerprint density at radius 2 is 2.13 bits per heavy atom. The maximum Gasteiger partial charge on any atom is 0.158 e. The topological polar surface area (TPSA) is 78.9 Å². The van der Waals surface area contributed by atoms with Crippen LogP contribution in [-0.2, 0) is 0 Å². The summed E-state index contributed by atoms with van der Waals surface area (Å²) in [6.45, 7) is 4.20. The Bertz CT molecular complexity index is 349. The molecule has 0 spiro atoms. The number of nitrogens with one attached hydrogen (secondary N) is 1. The molecule has 3 N–H and O–H groups in total. The van der Waals surface area contributed by atoms with Gasteiger partial charge in [-0.1, -0.05) is 6.92 Å². The number of nitrogens with zero attached hydrogens (tertiary/aromatic N) is 3. The van der Waals surface area contributed by atoms with Crippen LogP contribution in [-0.4, -0.2) is 28.9 Å². The third-order valence-corrected chi connectivity index (χ3v) is 2.52. The van der Waals surface area contributed by atoms with Gasteiger partial charge in [0.15, 0.2) is 5.82 Å². The number of hydrogen-bond donors (Lipinski definition) is 2. The highest BCUT2D eigenvalue weighted by Crippen LogP contribution is 2.16. The molecule has 0 aromatic carbocycles. The van der Waals surface area contributed by atoms with E-state index >= 15 is 0 Å². The van der Waals surface area contributed by atoms with Gasteiger partial charge in [-0.05, 0) is 13.3 Å².